The highest BCUT2D eigenvalue weighted by Gasteiger charge is 2.28. The third kappa shape index (κ3) is 2.98. The van der Waals surface area contributed by atoms with E-state index < -0.39 is 0 Å². The Bertz CT molecular complexity index is 725. The molecule has 1 aliphatic carbocycles. The maximum Gasteiger partial charge on any atom is 0.151 e. The summed E-state index contributed by atoms with van der Waals surface area (Å²) < 4.78 is 0. The van der Waals surface area contributed by atoms with Crippen LogP contribution in [0.15, 0.2) is 18.5 Å². The maximum atomic E-state index is 4.39. The van der Waals surface area contributed by atoms with Crippen LogP contribution in [0.25, 0.3) is 0 Å². The van der Waals surface area contributed by atoms with Crippen molar-refractivity contribution in [2.24, 2.45) is 5.92 Å². The van der Waals surface area contributed by atoms with Crippen molar-refractivity contribution in [3.8, 4) is 0 Å². The Labute approximate surface area is 142 Å². The summed E-state index contributed by atoms with van der Waals surface area (Å²) in [5, 5.41) is 12.2. The highest BCUT2D eigenvalue weighted by molar-refractivity contribution is 5.48. The standard InChI is InChI=1S/C17H23N7/c1-23(2)16-7-15(19-11-20-16)18-8-12-9-24(10-12)17-6-13-4-3-5-14(13)21-22-17/h6-7,11-12H,3-5,8-10H2,1-2H3,(H,18,19,20). The molecular weight excluding hydrogens is 302 g/mol. The van der Waals surface area contributed by atoms with E-state index in [9.17, 15) is 0 Å². The van der Waals surface area contributed by atoms with Crippen LogP contribution in [0.5, 0.6) is 0 Å². The van der Waals surface area contributed by atoms with Crippen LogP contribution >= 0.6 is 0 Å². The Morgan fingerprint density at radius 2 is 2.04 bits per heavy atom. The van der Waals surface area contributed by atoms with Gasteiger partial charge in [0, 0.05) is 45.7 Å². The average molecular weight is 325 g/mol. The number of anilines is 3. The first kappa shape index (κ1) is 15.1. The summed E-state index contributed by atoms with van der Waals surface area (Å²) in [7, 11) is 3.96. The van der Waals surface area contributed by atoms with E-state index in [0.717, 1.165) is 49.9 Å². The first-order valence-corrected chi connectivity index (χ1v) is 8.53. The van der Waals surface area contributed by atoms with Crippen molar-refractivity contribution in [3.05, 3.63) is 29.7 Å². The smallest absolute Gasteiger partial charge is 0.151 e. The molecule has 2 aliphatic rings. The number of nitrogens with zero attached hydrogens (tertiary/aromatic N) is 6. The monoisotopic (exact) mass is 325 g/mol. The largest absolute Gasteiger partial charge is 0.369 e. The molecule has 0 aromatic carbocycles. The van der Waals surface area contributed by atoms with Gasteiger partial charge in [-0.05, 0) is 30.9 Å². The lowest BCUT2D eigenvalue weighted by molar-refractivity contribution is 0.425. The number of fused-ring (bicyclic) bond motifs is 1. The van der Waals surface area contributed by atoms with Crippen LogP contribution in [0.1, 0.15) is 17.7 Å². The number of aryl methyl sites for hydroxylation is 2. The van der Waals surface area contributed by atoms with Crippen molar-refractivity contribution in [1.82, 2.24) is 20.2 Å². The minimum Gasteiger partial charge on any atom is -0.369 e. The lowest BCUT2D eigenvalue weighted by Gasteiger charge is -2.40. The summed E-state index contributed by atoms with van der Waals surface area (Å²) in [5.74, 6) is 3.43. The minimum atomic E-state index is 0.609. The predicted molar refractivity (Wildman–Crippen MR) is 94.6 cm³/mol. The molecule has 0 radical (unpaired) electrons. The first-order chi connectivity index (χ1) is 11.7. The summed E-state index contributed by atoms with van der Waals surface area (Å²) in [6.45, 7) is 2.96. The summed E-state index contributed by atoms with van der Waals surface area (Å²) >= 11 is 0. The maximum absolute atomic E-state index is 4.39. The molecule has 126 valence electrons. The average Bonchev–Trinajstić information content (AvgIpc) is 3.01. The second-order valence-corrected chi connectivity index (χ2v) is 6.84. The van der Waals surface area contributed by atoms with Gasteiger partial charge in [-0.15, -0.1) is 5.10 Å². The zero-order chi connectivity index (χ0) is 16.5. The Hall–Kier alpha value is -2.44. The van der Waals surface area contributed by atoms with Crippen molar-refractivity contribution in [2.45, 2.75) is 19.3 Å². The Morgan fingerprint density at radius 1 is 1.17 bits per heavy atom. The van der Waals surface area contributed by atoms with Crippen LogP contribution in [0.3, 0.4) is 0 Å². The Kier molecular flexibility index (Phi) is 3.92. The quantitative estimate of drug-likeness (QED) is 0.890. The molecule has 0 amide bonds. The molecule has 1 fully saturated rings. The molecule has 7 heteroatoms. The summed E-state index contributed by atoms with van der Waals surface area (Å²) in [6.07, 6.45) is 5.06. The van der Waals surface area contributed by atoms with E-state index >= 15 is 0 Å². The fourth-order valence-corrected chi connectivity index (χ4v) is 3.29. The number of hydrogen-bond donors (Lipinski definition) is 1. The van der Waals surface area contributed by atoms with Gasteiger partial charge in [0.2, 0.25) is 0 Å². The molecule has 1 N–H and O–H groups in total. The number of hydrogen-bond acceptors (Lipinski definition) is 7. The fraction of sp³-hybridized carbons (Fsp3) is 0.529. The molecule has 24 heavy (non-hydrogen) atoms. The molecule has 1 aliphatic heterocycles. The summed E-state index contributed by atoms with van der Waals surface area (Å²) in [4.78, 5) is 12.8. The van der Waals surface area contributed by atoms with Crippen LogP contribution in [-0.4, -0.2) is 53.9 Å². The molecule has 3 heterocycles. The molecule has 2 aromatic heterocycles. The SMILES string of the molecule is CN(C)c1cc(NCC2CN(c3cc4c(nn3)CCC4)C2)ncn1. The van der Waals surface area contributed by atoms with Crippen molar-refractivity contribution in [2.75, 3.05) is 48.8 Å². The van der Waals surface area contributed by atoms with Gasteiger partial charge < -0.3 is 15.1 Å². The number of rotatable bonds is 5. The fourth-order valence-electron chi connectivity index (χ4n) is 3.29. The molecule has 7 nitrogen and oxygen atoms in total. The van der Waals surface area contributed by atoms with Gasteiger partial charge in [-0.25, -0.2) is 9.97 Å². The van der Waals surface area contributed by atoms with E-state index in [1.807, 2.05) is 25.1 Å². The summed E-state index contributed by atoms with van der Waals surface area (Å²) in [5.41, 5.74) is 2.58. The molecule has 0 unspecified atom stereocenters. The minimum absolute atomic E-state index is 0.609. The molecule has 0 atom stereocenters. The van der Waals surface area contributed by atoms with Crippen LogP contribution < -0.4 is 15.1 Å². The van der Waals surface area contributed by atoms with Crippen LogP contribution in [0.2, 0.25) is 0 Å². The molecule has 1 saturated heterocycles. The topological polar surface area (TPSA) is 70.1 Å². The van der Waals surface area contributed by atoms with E-state index in [1.54, 1.807) is 6.33 Å². The van der Waals surface area contributed by atoms with E-state index in [1.165, 1.54) is 17.7 Å². The van der Waals surface area contributed by atoms with Crippen LogP contribution in [-0.2, 0) is 12.8 Å². The van der Waals surface area contributed by atoms with Gasteiger partial charge in [0.05, 0.1) is 5.69 Å². The first-order valence-electron chi connectivity index (χ1n) is 8.53. The van der Waals surface area contributed by atoms with E-state index in [-0.39, 0.29) is 0 Å². The van der Waals surface area contributed by atoms with Gasteiger partial charge in [-0.1, -0.05) is 0 Å². The van der Waals surface area contributed by atoms with Gasteiger partial charge in [-0.3, -0.25) is 0 Å². The normalized spacial score (nSPS) is 16.7. The zero-order valence-corrected chi connectivity index (χ0v) is 14.2. The zero-order valence-electron chi connectivity index (χ0n) is 14.2. The van der Waals surface area contributed by atoms with Gasteiger partial charge >= 0.3 is 0 Å². The van der Waals surface area contributed by atoms with Crippen molar-refractivity contribution < 1.29 is 0 Å². The van der Waals surface area contributed by atoms with Crippen molar-refractivity contribution in [1.29, 1.82) is 0 Å². The summed E-state index contributed by atoms with van der Waals surface area (Å²) in [6, 6.07) is 4.20. The third-order valence-corrected chi connectivity index (χ3v) is 4.77. The predicted octanol–water partition coefficient (Wildman–Crippen LogP) is 1.37. The van der Waals surface area contributed by atoms with E-state index in [2.05, 4.69) is 36.4 Å². The molecule has 0 saturated carbocycles. The van der Waals surface area contributed by atoms with E-state index in [0.29, 0.717) is 5.92 Å². The highest BCUT2D eigenvalue weighted by Crippen LogP contribution is 2.27. The molecule has 0 spiro atoms. The third-order valence-electron chi connectivity index (χ3n) is 4.77. The van der Waals surface area contributed by atoms with Crippen LogP contribution in [0.4, 0.5) is 17.5 Å². The lowest BCUT2D eigenvalue weighted by Crippen LogP contribution is -2.50. The second-order valence-electron chi connectivity index (χ2n) is 6.84. The molecule has 4 rings (SSSR count). The van der Waals surface area contributed by atoms with Crippen LogP contribution in [0, 0.1) is 5.92 Å². The number of nitrogens with one attached hydrogen (secondary N) is 1. The number of aromatic nitrogens is 4. The second kappa shape index (κ2) is 6.22. The van der Waals surface area contributed by atoms with Crippen molar-refractivity contribution in [3.63, 3.8) is 0 Å². The highest BCUT2D eigenvalue weighted by atomic mass is 15.3. The van der Waals surface area contributed by atoms with Gasteiger partial charge in [0.15, 0.2) is 5.82 Å². The van der Waals surface area contributed by atoms with Gasteiger partial charge in [0.1, 0.15) is 18.0 Å². The van der Waals surface area contributed by atoms with Gasteiger partial charge in [0.25, 0.3) is 0 Å². The Morgan fingerprint density at radius 3 is 2.88 bits per heavy atom. The lowest BCUT2D eigenvalue weighted by atomic mass is 10.00. The van der Waals surface area contributed by atoms with E-state index in [4.69, 9.17) is 0 Å². The molecular formula is C17H23N7. The van der Waals surface area contributed by atoms with Gasteiger partial charge in [-0.2, -0.15) is 5.10 Å². The molecule has 2 aromatic rings. The van der Waals surface area contributed by atoms with Crippen molar-refractivity contribution >= 4 is 17.5 Å². The molecule has 0 bridgehead atoms. The Balaban J connectivity index is 1.30.